The van der Waals surface area contributed by atoms with Gasteiger partial charge in [0, 0.05) is 51.5 Å². The molecular formula is C29H25N3O2S. The molecule has 0 bridgehead atoms. The van der Waals surface area contributed by atoms with Crippen molar-refractivity contribution in [2.45, 2.75) is 25.4 Å². The van der Waals surface area contributed by atoms with Crippen LogP contribution in [0.1, 0.15) is 39.7 Å². The first-order valence-electron chi connectivity index (χ1n) is 11.8. The lowest BCUT2D eigenvalue weighted by molar-refractivity contribution is -0.119. The van der Waals surface area contributed by atoms with Crippen molar-refractivity contribution in [3.63, 3.8) is 0 Å². The lowest BCUT2D eigenvalue weighted by atomic mass is 9.81. The second kappa shape index (κ2) is 8.40. The molecule has 5 nitrogen and oxygen atoms in total. The SMILES string of the molecule is CCn1c2ccccc2c2cc(NC(=O)C3c4ccccc4C(=O)N(C)C3c3cccs3)ccc21. The van der Waals surface area contributed by atoms with Gasteiger partial charge < -0.3 is 14.8 Å². The van der Waals surface area contributed by atoms with E-state index in [0.29, 0.717) is 5.56 Å². The number of aryl methyl sites for hydroxylation is 1. The van der Waals surface area contributed by atoms with E-state index in [1.54, 1.807) is 23.3 Å². The van der Waals surface area contributed by atoms with Gasteiger partial charge in [-0.15, -0.1) is 11.3 Å². The number of benzene rings is 3. The predicted molar refractivity (Wildman–Crippen MR) is 142 cm³/mol. The first-order valence-corrected chi connectivity index (χ1v) is 12.7. The van der Waals surface area contributed by atoms with Crippen molar-refractivity contribution in [2.75, 3.05) is 12.4 Å². The highest BCUT2D eigenvalue weighted by Crippen LogP contribution is 2.44. The van der Waals surface area contributed by atoms with Gasteiger partial charge in [0.2, 0.25) is 5.91 Å². The summed E-state index contributed by atoms with van der Waals surface area (Å²) in [5, 5.41) is 7.46. The number of amides is 2. The summed E-state index contributed by atoms with van der Waals surface area (Å²) in [5.41, 5.74) is 4.45. The average molecular weight is 480 g/mol. The largest absolute Gasteiger partial charge is 0.341 e. The van der Waals surface area contributed by atoms with Gasteiger partial charge in [0.15, 0.2) is 0 Å². The maximum absolute atomic E-state index is 13.9. The minimum absolute atomic E-state index is 0.0585. The van der Waals surface area contributed by atoms with Gasteiger partial charge in [-0.05, 0) is 54.3 Å². The number of nitrogens with zero attached hydrogens (tertiary/aromatic N) is 2. The quantitative estimate of drug-likeness (QED) is 0.323. The van der Waals surface area contributed by atoms with E-state index >= 15 is 0 Å². The molecule has 1 N–H and O–H groups in total. The average Bonchev–Trinajstić information content (AvgIpc) is 3.52. The maximum atomic E-state index is 13.9. The number of aromatic nitrogens is 1. The van der Waals surface area contributed by atoms with Crippen molar-refractivity contribution in [3.8, 4) is 0 Å². The Balaban J connectivity index is 1.43. The summed E-state index contributed by atoms with van der Waals surface area (Å²) in [6.07, 6.45) is 0. The van der Waals surface area contributed by atoms with Crippen LogP contribution >= 0.6 is 11.3 Å². The summed E-state index contributed by atoms with van der Waals surface area (Å²) in [4.78, 5) is 29.7. The van der Waals surface area contributed by atoms with E-state index in [2.05, 4.69) is 47.1 Å². The molecule has 0 saturated carbocycles. The van der Waals surface area contributed by atoms with Crippen molar-refractivity contribution in [1.82, 2.24) is 9.47 Å². The van der Waals surface area contributed by atoms with Gasteiger partial charge in [-0.3, -0.25) is 9.59 Å². The van der Waals surface area contributed by atoms with E-state index in [4.69, 9.17) is 0 Å². The lowest BCUT2D eigenvalue weighted by Crippen LogP contribution is -2.43. The molecule has 35 heavy (non-hydrogen) atoms. The fraction of sp³-hybridized carbons (Fsp3) is 0.172. The van der Waals surface area contributed by atoms with Crippen LogP contribution < -0.4 is 5.32 Å². The predicted octanol–water partition coefficient (Wildman–Crippen LogP) is 6.43. The Morgan fingerprint density at radius 2 is 1.71 bits per heavy atom. The Bertz CT molecular complexity index is 1580. The van der Waals surface area contributed by atoms with Crippen LogP contribution in [0, 0.1) is 0 Å². The number of nitrogens with one attached hydrogen (secondary N) is 1. The van der Waals surface area contributed by atoms with Crippen LogP contribution in [0.4, 0.5) is 5.69 Å². The summed E-state index contributed by atoms with van der Waals surface area (Å²) in [7, 11) is 1.79. The van der Waals surface area contributed by atoms with Gasteiger partial charge >= 0.3 is 0 Å². The number of hydrogen-bond acceptors (Lipinski definition) is 3. The van der Waals surface area contributed by atoms with Gasteiger partial charge in [-0.1, -0.05) is 42.5 Å². The second-order valence-electron chi connectivity index (χ2n) is 8.92. The lowest BCUT2D eigenvalue weighted by Gasteiger charge is -2.39. The van der Waals surface area contributed by atoms with Crippen LogP contribution in [0.5, 0.6) is 0 Å². The normalized spacial score (nSPS) is 17.7. The van der Waals surface area contributed by atoms with E-state index in [9.17, 15) is 9.59 Å². The molecule has 2 aromatic heterocycles. The Morgan fingerprint density at radius 1 is 0.943 bits per heavy atom. The zero-order valence-corrected chi connectivity index (χ0v) is 20.4. The zero-order valence-electron chi connectivity index (χ0n) is 19.6. The van der Waals surface area contributed by atoms with Gasteiger partial charge in [0.05, 0.1) is 12.0 Å². The number of hydrogen-bond donors (Lipinski definition) is 1. The molecule has 3 heterocycles. The number of thiophene rings is 1. The highest BCUT2D eigenvalue weighted by atomic mass is 32.1. The van der Waals surface area contributed by atoms with E-state index in [-0.39, 0.29) is 17.9 Å². The number of carbonyl (C=O) groups excluding carboxylic acids is 2. The molecule has 1 aliphatic heterocycles. The minimum atomic E-state index is -0.514. The fourth-order valence-corrected chi connectivity index (χ4v) is 6.37. The Kier molecular flexibility index (Phi) is 5.19. The standard InChI is InChI=1S/C29H25N3O2S/c1-3-32-23-12-7-6-9-19(23)22-17-18(14-15-24(22)32)30-28(33)26-20-10-4-5-11-21(20)29(34)31(2)27(26)25-13-8-16-35-25/h4-17,26-27H,3H2,1-2H3,(H,30,33). The van der Waals surface area contributed by atoms with Gasteiger partial charge in [-0.2, -0.15) is 0 Å². The summed E-state index contributed by atoms with van der Waals surface area (Å²) < 4.78 is 2.29. The van der Waals surface area contributed by atoms with Gasteiger partial charge in [0.1, 0.15) is 0 Å². The zero-order chi connectivity index (χ0) is 24.1. The maximum Gasteiger partial charge on any atom is 0.254 e. The molecule has 0 spiro atoms. The number of fused-ring (bicyclic) bond motifs is 4. The van der Waals surface area contributed by atoms with Crippen LogP contribution in [-0.4, -0.2) is 28.3 Å². The smallest absolute Gasteiger partial charge is 0.254 e. The van der Waals surface area contributed by atoms with Crippen LogP contribution in [0.3, 0.4) is 0 Å². The van der Waals surface area contributed by atoms with E-state index < -0.39 is 5.92 Å². The molecule has 6 rings (SSSR count). The van der Waals surface area contributed by atoms with Crippen molar-refractivity contribution >= 4 is 50.6 Å². The topological polar surface area (TPSA) is 54.3 Å². The third-order valence-corrected chi connectivity index (χ3v) is 8.00. The Morgan fingerprint density at radius 3 is 2.51 bits per heavy atom. The highest BCUT2D eigenvalue weighted by molar-refractivity contribution is 7.10. The molecule has 0 aliphatic carbocycles. The first-order chi connectivity index (χ1) is 17.1. The minimum Gasteiger partial charge on any atom is -0.341 e. The van der Waals surface area contributed by atoms with Crippen molar-refractivity contribution in [1.29, 1.82) is 0 Å². The second-order valence-corrected chi connectivity index (χ2v) is 9.90. The molecule has 0 saturated heterocycles. The van der Waals surface area contributed by atoms with Gasteiger partial charge in [0.25, 0.3) is 5.91 Å². The molecule has 0 fully saturated rings. The number of carbonyl (C=O) groups is 2. The van der Waals surface area contributed by atoms with E-state index in [1.807, 2.05) is 53.9 Å². The molecule has 174 valence electrons. The van der Waals surface area contributed by atoms with Crippen LogP contribution in [0.25, 0.3) is 21.8 Å². The van der Waals surface area contributed by atoms with Crippen LogP contribution in [-0.2, 0) is 11.3 Å². The van der Waals surface area contributed by atoms with Crippen LogP contribution in [0.2, 0.25) is 0 Å². The molecule has 2 atom stereocenters. The van der Waals surface area contributed by atoms with Crippen molar-refractivity contribution < 1.29 is 9.59 Å². The number of anilines is 1. The molecule has 5 aromatic rings. The van der Waals surface area contributed by atoms with Gasteiger partial charge in [-0.25, -0.2) is 0 Å². The Labute approximate surface area is 207 Å². The summed E-state index contributed by atoms with van der Waals surface area (Å²) >= 11 is 1.57. The number of likely N-dealkylation sites (N-methyl/N-ethyl adjacent to an activating group) is 1. The molecule has 3 aromatic carbocycles. The van der Waals surface area contributed by atoms with Crippen molar-refractivity contribution in [2.24, 2.45) is 0 Å². The third-order valence-electron chi connectivity index (χ3n) is 7.05. The summed E-state index contributed by atoms with van der Waals surface area (Å²) in [6, 6.07) is 25.5. The monoisotopic (exact) mass is 479 g/mol. The Hall–Kier alpha value is -3.90. The number of para-hydroxylation sites is 1. The molecule has 2 amide bonds. The van der Waals surface area contributed by atoms with Crippen LogP contribution in [0.15, 0.2) is 84.2 Å². The molecule has 2 unspecified atom stereocenters. The van der Waals surface area contributed by atoms with Crippen molar-refractivity contribution in [3.05, 3.63) is 100 Å². The molecule has 6 heteroatoms. The third kappa shape index (κ3) is 3.36. The summed E-state index contributed by atoms with van der Waals surface area (Å²) in [6.45, 7) is 3.02. The first kappa shape index (κ1) is 21.6. The highest BCUT2D eigenvalue weighted by Gasteiger charge is 2.43. The van der Waals surface area contributed by atoms with E-state index in [0.717, 1.165) is 33.6 Å². The fourth-order valence-electron chi connectivity index (χ4n) is 5.46. The summed E-state index contributed by atoms with van der Waals surface area (Å²) in [5.74, 6) is -0.689. The molecule has 1 aliphatic rings. The van der Waals surface area contributed by atoms with E-state index in [1.165, 1.54) is 10.9 Å². The molecule has 0 radical (unpaired) electrons. The molecular weight excluding hydrogens is 454 g/mol. The number of rotatable bonds is 4.